The molecule has 1 atom stereocenters. The van der Waals surface area contributed by atoms with Gasteiger partial charge in [0.25, 0.3) is 11.8 Å². The Hall–Kier alpha value is -3.35. The first-order valence-corrected chi connectivity index (χ1v) is 12.1. The van der Waals surface area contributed by atoms with Crippen LogP contribution in [0.5, 0.6) is 11.6 Å². The van der Waals surface area contributed by atoms with Crippen LogP contribution in [-0.4, -0.2) is 22.6 Å². The van der Waals surface area contributed by atoms with Crippen molar-refractivity contribution in [2.75, 3.05) is 6.54 Å². The summed E-state index contributed by atoms with van der Waals surface area (Å²) >= 11 is 0. The van der Waals surface area contributed by atoms with Gasteiger partial charge in [0.05, 0.1) is 12.2 Å². The Morgan fingerprint density at radius 3 is 2.71 bits per heavy atom. The van der Waals surface area contributed by atoms with Gasteiger partial charge in [-0.15, -0.1) is 5.10 Å². The number of benzene rings is 2. The standard InChI is InChI=1S/C28H29F2N3O2/c1-16-10-13-21(17(2)14-16)28(3,30)15-31-26(34)24-20-7-4-8-22(20)32-33-27(24)35-23-9-5-6-19(25(23)29)18-11-12-18/h5-6,9-10,13-14,18H,4,7-8,11-12,15H2,1-3H3,(H,31,34). The number of nitrogens with zero attached hydrogens (tertiary/aromatic N) is 2. The molecule has 7 heteroatoms. The maximum atomic E-state index is 15.7. The second-order valence-electron chi connectivity index (χ2n) is 9.89. The minimum Gasteiger partial charge on any atom is -0.434 e. The molecule has 2 aromatic carbocycles. The molecule has 1 unspecified atom stereocenters. The topological polar surface area (TPSA) is 64.1 Å². The van der Waals surface area contributed by atoms with Gasteiger partial charge in [-0.3, -0.25) is 4.79 Å². The Labute approximate surface area is 203 Å². The Balaban J connectivity index is 1.43. The number of alkyl halides is 1. The molecule has 35 heavy (non-hydrogen) atoms. The molecular weight excluding hydrogens is 448 g/mol. The number of carbonyl (C=O) groups excluding carboxylic acids is 1. The summed E-state index contributed by atoms with van der Waals surface area (Å²) in [6, 6.07) is 10.6. The van der Waals surface area contributed by atoms with E-state index in [9.17, 15) is 4.79 Å². The molecule has 0 spiro atoms. The zero-order chi connectivity index (χ0) is 24.7. The molecule has 0 bridgehead atoms. The van der Waals surface area contributed by atoms with E-state index in [1.54, 1.807) is 18.2 Å². The van der Waals surface area contributed by atoms with Crippen LogP contribution in [0, 0.1) is 19.7 Å². The fourth-order valence-electron chi connectivity index (χ4n) is 4.95. The molecule has 5 rings (SSSR count). The number of aryl methyl sites for hydroxylation is 3. The summed E-state index contributed by atoms with van der Waals surface area (Å²) in [6.07, 6.45) is 4.09. The van der Waals surface area contributed by atoms with Crippen LogP contribution in [0.4, 0.5) is 8.78 Å². The lowest BCUT2D eigenvalue weighted by Gasteiger charge is -2.24. The van der Waals surface area contributed by atoms with Crippen molar-refractivity contribution in [3.8, 4) is 11.6 Å². The van der Waals surface area contributed by atoms with Crippen molar-refractivity contribution in [3.05, 3.63) is 81.3 Å². The largest absolute Gasteiger partial charge is 0.434 e. The van der Waals surface area contributed by atoms with Crippen molar-refractivity contribution in [1.29, 1.82) is 0 Å². The van der Waals surface area contributed by atoms with E-state index in [0.717, 1.165) is 41.6 Å². The minimum atomic E-state index is -1.78. The molecule has 1 amide bonds. The molecule has 0 saturated heterocycles. The predicted molar refractivity (Wildman–Crippen MR) is 129 cm³/mol. The number of nitrogens with one attached hydrogen (secondary N) is 1. The van der Waals surface area contributed by atoms with Crippen LogP contribution in [0.25, 0.3) is 0 Å². The highest BCUT2D eigenvalue weighted by molar-refractivity contribution is 5.98. The number of aromatic nitrogens is 2. The fourth-order valence-corrected chi connectivity index (χ4v) is 4.95. The first-order valence-electron chi connectivity index (χ1n) is 12.1. The van der Waals surface area contributed by atoms with Gasteiger partial charge >= 0.3 is 0 Å². The van der Waals surface area contributed by atoms with Crippen molar-refractivity contribution >= 4 is 5.91 Å². The lowest BCUT2D eigenvalue weighted by molar-refractivity contribution is 0.0905. The summed E-state index contributed by atoms with van der Waals surface area (Å²) in [5, 5.41) is 11.1. The van der Waals surface area contributed by atoms with Crippen LogP contribution in [0.3, 0.4) is 0 Å². The zero-order valence-corrected chi connectivity index (χ0v) is 20.3. The molecule has 1 fully saturated rings. The maximum Gasteiger partial charge on any atom is 0.257 e. The Morgan fingerprint density at radius 1 is 1.17 bits per heavy atom. The summed E-state index contributed by atoms with van der Waals surface area (Å²) in [5.41, 5.74) is 2.91. The first kappa shape index (κ1) is 23.4. The summed E-state index contributed by atoms with van der Waals surface area (Å²) < 4.78 is 36.6. The lowest BCUT2D eigenvalue weighted by atomic mass is 9.92. The van der Waals surface area contributed by atoms with Gasteiger partial charge in [0.2, 0.25) is 0 Å². The number of hydrogen-bond acceptors (Lipinski definition) is 4. The maximum absolute atomic E-state index is 15.7. The third kappa shape index (κ3) is 4.64. The molecule has 3 aromatic rings. The second-order valence-corrected chi connectivity index (χ2v) is 9.89. The number of halogens is 2. The van der Waals surface area contributed by atoms with E-state index in [4.69, 9.17) is 4.74 Å². The van der Waals surface area contributed by atoms with Gasteiger partial charge in [-0.25, -0.2) is 8.78 Å². The van der Waals surface area contributed by atoms with Crippen LogP contribution in [-0.2, 0) is 18.5 Å². The molecule has 5 nitrogen and oxygen atoms in total. The zero-order valence-electron chi connectivity index (χ0n) is 20.3. The molecular formula is C28H29F2N3O2. The third-order valence-corrected chi connectivity index (χ3v) is 6.93. The highest BCUT2D eigenvalue weighted by atomic mass is 19.1. The molecule has 1 heterocycles. The van der Waals surface area contributed by atoms with Crippen molar-refractivity contribution in [2.24, 2.45) is 0 Å². The van der Waals surface area contributed by atoms with Gasteiger partial charge in [-0.05, 0) is 87.1 Å². The van der Waals surface area contributed by atoms with Crippen molar-refractivity contribution in [1.82, 2.24) is 15.5 Å². The number of hydrogen-bond donors (Lipinski definition) is 1. The molecule has 2 aliphatic rings. The van der Waals surface area contributed by atoms with E-state index in [1.807, 2.05) is 26.0 Å². The SMILES string of the molecule is Cc1ccc(C(C)(F)CNC(=O)c2c(Oc3cccc(C4CC4)c3F)nnc3c2CCC3)c(C)c1. The average Bonchev–Trinajstić information content (AvgIpc) is 3.55. The Kier molecular flexibility index (Phi) is 6.03. The van der Waals surface area contributed by atoms with E-state index < -0.39 is 17.4 Å². The quantitative estimate of drug-likeness (QED) is 0.453. The molecule has 1 aromatic heterocycles. The van der Waals surface area contributed by atoms with Crippen LogP contribution in [0.15, 0.2) is 36.4 Å². The van der Waals surface area contributed by atoms with Gasteiger partial charge in [0.1, 0.15) is 5.56 Å². The monoisotopic (exact) mass is 477 g/mol. The second kappa shape index (κ2) is 9.02. The van der Waals surface area contributed by atoms with Crippen molar-refractivity contribution < 1.29 is 18.3 Å². The molecule has 1 N–H and O–H groups in total. The van der Waals surface area contributed by atoms with Gasteiger partial charge in [-0.2, -0.15) is 5.10 Å². The van der Waals surface area contributed by atoms with Crippen molar-refractivity contribution in [3.63, 3.8) is 0 Å². The first-order chi connectivity index (χ1) is 16.7. The van der Waals surface area contributed by atoms with Crippen LogP contribution >= 0.6 is 0 Å². The van der Waals surface area contributed by atoms with Gasteiger partial charge in [-0.1, -0.05) is 35.9 Å². The number of amides is 1. The molecule has 0 aliphatic heterocycles. The highest BCUT2D eigenvalue weighted by Crippen LogP contribution is 2.43. The van der Waals surface area contributed by atoms with E-state index >= 15 is 8.78 Å². The number of ether oxygens (including phenoxy) is 1. The lowest BCUT2D eigenvalue weighted by Crippen LogP contribution is -2.37. The van der Waals surface area contributed by atoms with Gasteiger partial charge in [0.15, 0.2) is 17.2 Å². The van der Waals surface area contributed by atoms with Crippen LogP contribution < -0.4 is 10.1 Å². The summed E-state index contributed by atoms with van der Waals surface area (Å²) in [5.74, 6) is -0.765. The fraction of sp³-hybridized carbons (Fsp3) is 0.393. The number of fused-ring (bicyclic) bond motifs is 1. The number of carbonyl (C=O) groups is 1. The van der Waals surface area contributed by atoms with E-state index in [1.165, 1.54) is 13.0 Å². The van der Waals surface area contributed by atoms with Crippen LogP contribution in [0.2, 0.25) is 0 Å². The normalized spacial score (nSPS) is 16.5. The molecule has 1 saturated carbocycles. The summed E-state index contributed by atoms with van der Waals surface area (Å²) in [7, 11) is 0. The Morgan fingerprint density at radius 2 is 1.97 bits per heavy atom. The predicted octanol–water partition coefficient (Wildman–Crippen LogP) is 6.01. The average molecular weight is 478 g/mol. The Bertz CT molecular complexity index is 1300. The molecule has 182 valence electrons. The third-order valence-electron chi connectivity index (χ3n) is 6.93. The van der Waals surface area contributed by atoms with Crippen molar-refractivity contribution in [2.45, 2.75) is 64.5 Å². The van der Waals surface area contributed by atoms with Gasteiger partial charge < -0.3 is 10.1 Å². The highest BCUT2D eigenvalue weighted by Gasteiger charge is 2.32. The van der Waals surface area contributed by atoms with E-state index in [-0.39, 0.29) is 29.7 Å². The summed E-state index contributed by atoms with van der Waals surface area (Å²) in [6.45, 7) is 5.04. The minimum absolute atomic E-state index is 0.0151. The molecule has 0 radical (unpaired) electrons. The molecule has 2 aliphatic carbocycles. The van der Waals surface area contributed by atoms with Gasteiger partial charge in [0, 0.05) is 0 Å². The number of rotatable bonds is 7. The van der Waals surface area contributed by atoms with E-state index in [0.29, 0.717) is 24.0 Å². The van der Waals surface area contributed by atoms with Crippen LogP contribution in [0.1, 0.15) is 76.0 Å². The van der Waals surface area contributed by atoms with E-state index in [2.05, 4.69) is 15.5 Å². The smallest absolute Gasteiger partial charge is 0.257 e. The summed E-state index contributed by atoms with van der Waals surface area (Å²) in [4.78, 5) is 13.4.